The van der Waals surface area contributed by atoms with Crippen molar-refractivity contribution < 1.29 is 5.11 Å². The van der Waals surface area contributed by atoms with Crippen LogP contribution in [0.15, 0.2) is 28.4 Å². The Morgan fingerprint density at radius 1 is 1.50 bits per heavy atom. The summed E-state index contributed by atoms with van der Waals surface area (Å²) >= 11 is 2.96. The molecule has 0 unspecified atom stereocenters. The first-order chi connectivity index (χ1) is 5.79. The van der Waals surface area contributed by atoms with Gasteiger partial charge in [-0.25, -0.2) is 0 Å². The average molecular weight is 199 g/mol. The van der Waals surface area contributed by atoms with E-state index >= 15 is 0 Å². The summed E-state index contributed by atoms with van der Waals surface area (Å²) in [6.45, 7) is 1.98. The van der Waals surface area contributed by atoms with Gasteiger partial charge in [-0.2, -0.15) is 0 Å². The molecular weight excluding hydrogens is 190 g/mol. The molecule has 0 aromatic carbocycles. The van der Waals surface area contributed by atoms with Crippen LogP contribution in [0.5, 0.6) is 5.06 Å². The van der Waals surface area contributed by atoms with E-state index in [1.807, 2.05) is 23.2 Å². The van der Waals surface area contributed by atoms with Gasteiger partial charge < -0.3 is 5.11 Å². The summed E-state index contributed by atoms with van der Waals surface area (Å²) in [7, 11) is 0. The quantitative estimate of drug-likeness (QED) is 0.707. The van der Waals surface area contributed by atoms with E-state index < -0.39 is 0 Å². The molecule has 0 atom stereocenters. The van der Waals surface area contributed by atoms with Gasteiger partial charge in [0, 0.05) is 11.1 Å². The number of thiophene rings is 1. The summed E-state index contributed by atoms with van der Waals surface area (Å²) in [5.41, 5.74) is 2.94. The van der Waals surface area contributed by atoms with E-state index in [0.717, 1.165) is 5.69 Å². The smallest absolute Gasteiger partial charge is 0.171 e. The third-order valence-corrected chi connectivity index (χ3v) is 2.44. The highest BCUT2D eigenvalue weighted by molar-refractivity contribution is 7.11. The molecule has 0 spiro atoms. The van der Waals surface area contributed by atoms with E-state index in [4.69, 9.17) is 5.11 Å². The summed E-state index contributed by atoms with van der Waals surface area (Å²) in [6.07, 6.45) is 0. The third-order valence-electron chi connectivity index (χ3n) is 1.06. The van der Waals surface area contributed by atoms with Crippen molar-refractivity contribution in [2.24, 2.45) is 0 Å². The maximum Gasteiger partial charge on any atom is 0.171 e. The van der Waals surface area contributed by atoms with E-state index in [2.05, 4.69) is 4.98 Å². The molecule has 1 N–H and O–H groups in total. The fraction of sp³-hybridized carbons (Fsp3) is 0.125. The molecule has 4 heteroatoms. The number of aryl methyl sites for hydroxylation is 1. The normalized spacial score (nSPS) is 8.75. The Labute approximate surface area is 79.2 Å². The van der Waals surface area contributed by atoms with Gasteiger partial charge in [0.2, 0.25) is 0 Å². The molecule has 2 aromatic heterocycles. The van der Waals surface area contributed by atoms with Crippen LogP contribution in [-0.2, 0) is 0 Å². The zero-order valence-corrected chi connectivity index (χ0v) is 8.23. The molecule has 0 bridgehead atoms. The van der Waals surface area contributed by atoms with Gasteiger partial charge in [-0.15, -0.1) is 22.7 Å². The zero-order valence-electron chi connectivity index (χ0n) is 6.60. The second-order valence-electron chi connectivity index (χ2n) is 2.08. The summed E-state index contributed by atoms with van der Waals surface area (Å²) < 4.78 is 0. The maximum absolute atomic E-state index is 8.49. The van der Waals surface area contributed by atoms with Crippen molar-refractivity contribution >= 4 is 22.7 Å². The molecule has 0 amide bonds. The van der Waals surface area contributed by atoms with E-state index in [0.29, 0.717) is 5.06 Å². The van der Waals surface area contributed by atoms with Crippen LogP contribution in [0.25, 0.3) is 0 Å². The molecule has 0 aliphatic heterocycles. The second kappa shape index (κ2) is 4.90. The first-order valence-electron chi connectivity index (χ1n) is 3.36. The minimum Gasteiger partial charge on any atom is -0.499 e. The summed E-state index contributed by atoms with van der Waals surface area (Å²) in [5, 5.41) is 12.7. The first kappa shape index (κ1) is 9.22. The summed E-state index contributed by atoms with van der Waals surface area (Å²) in [6, 6.07) is 3.46. The number of aromatic nitrogens is 1. The highest BCUT2D eigenvalue weighted by Gasteiger charge is 1.78. The highest BCUT2D eigenvalue weighted by Crippen LogP contribution is 2.14. The Hall–Kier alpha value is -0.870. The summed E-state index contributed by atoms with van der Waals surface area (Å²) in [5.74, 6) is 0. The van der Waals surface area contributed by atoms with Crippen molar-refractivity contribution in [1.29, 1.82) is 0 Å². The Bertz CT molecular complexity index is 256. The zero-order chi connectivity index (χ0) is 8.81. The SMILES string of the molecule is Cc1cscn1.Oc1cccs1. The van der Waals surface area contributed by atoms with Crippen molar-refractivity contribution in [3.63, 3.8) is 0 Å². The predicted molar refractivity (Wildman–Crippen MR) is 52.8 cm³/mol. The van der Waals surface area contributed by atoms with Crippen molar-refractivity contribution in [3.05, 3.63) is 34.1 Å². The topological polar surface area (TPSA) is 33.1 Å². The Morgan fingerprint density at radius 3 is 2.50 bits per heavy atom. The van der Waals surface area contributed by atoms with Crippen molar-refractivity contribution in [3.8, 4) is 5.06 Å². The molecule has 12 heavy (non-hydrogen) atoms. The standard InChI is InChI=1S/C4H5NS.C4H4OS/c1-4-2-6-3-5-4;5-4-2-1-3-6-4/h2-3H,1H3;1-3,5H. The van der Waals surface area contributed by atoms with Crippen LogP contribution in [-0.4, -0.2) is 10.1 Å². The number of nitrogens with zero attached hydrogens (tertiary/aromatic N) is 1. The number of rotatable bonds is 0. The van der Waals surface area contributed by atoms with Crippen molar-refractivity contribution in [1.82, 2.24) is 4.98 Å². The molecule has 2 aromatic rings. The van der Waals surface area contributed by atoms with Gasteiger partial charge in [-0.1, -0.05) is 0 Å². The van der Waals surface area contributed by atoms with E-state index in [1.165, 1.54) is 11.3 Å². The van der Waals surface area contributed by atoms with Crippen LogP contribution in [0.3, 0.4) is 0 Å². The van der Waals surface area contributed by atoms with E-state index in [9.17, 15) is 0 Å². The van der Waals surface area contributed by atoms with Gasteiger partial charge in [-0.05, 0) is 24.4 Å². The average Bonchev–Trinajstić information content (AvgIpc) is 2.63. The molecule has 2 nitrogen and oxygen atoms in total. The molecule has 64 valence electrons. The second-order valence-corrected chi connectivity index (χ2v) is 3.73. The van der Waals surface area contributed by atoms with Crippen LogP contribution in [0.1, 0.15) is 5.69 Å². The third kappa shape index (κ3) is 3.50. The maximum atomic E-state index is 8.49. The minimum atomic E-state index is 0.384. The molecule has 0 saturated heterocycles. The minimum absolute atomic E-state index is 0.384. The van der Waals surface area contributed by atoms with Crippen LogP contribution in [0.2, 0.25) is 0 Å². The Kier molecular flexibility index (Phi) is 3.76. The monoisotopic (exact) mass is 199 g/mol. The molecular formula is C8H9NOS2. The fourth-order valence-electron chi connectivity index (χ4n) is 0.543. The van der Waals surface area contributed by atoms with Crippen LogP contribution < -0.4 is 0 Å². The fourth-order valence-corrected chi connectivity index (χ4v) is 1.54. The molecule has 0 saturated carbocycles. The van der Waals surface area contributed by atoms with Crippen molar-refractivity contribution in [2.75, 3.05) is 0 Å². The van der Waals surface area contributed by atoms with Crippen LogP contribution >= 0.6 is 22.7 Å². The van der Waals surface area contributed by atoms with Gasteiger partial charge >= 0.3 is 0 Å². The molecule has 0 radical (unpaired) electrons. The predicted octanol–water partition coefficient (Wildman–Crippen LogP) is 2.91. The first-order valence-corrected chi connectivity index (χ1v) is 5.18. The molecule has 0 aliphatic carbocycles. The molecule has 0 fully saturated rings. The number of aromatic hydroxyl groups is 1. The molecule has 2 heterocycles. The lowest BCUT2D eigenvalue weighted by Gasteiger charge is -1.67. The van der Waals surface area contributed by atoms with E-state index in [1.54, 1.807) is 23.5 Å². The highest BCUT2D eigenvalue weighted by atomic mass is 32.1. The molecule has 0 aliphatic rings. The van der Waals surface area contributed by atoms with Gasteiger partial charge in [0.1, 0.15) is 0 Å². The lowest BCUT2D eigenvalue weighted by atomic mass is 10.6. The van der Waals surface area contributed by atoms with Gasteiger partial charge in [-0.3, -0.25) is 4.98 Å². The van der Waals surface area contributed by atoms with Crippen molar-refractivity contribution in [2.45, 2.75) is 6.92 Å². The lowest BCUT2D eigenvalue weighted by Crippen LogP contribution is -1.59. The van der Waals surface area contributed by atoms with Crippen LogP contribution in [0.4, 0.5) is 0 Å². The molecule has 2 rings (SSSR count). The Morgan fingerprint density at radius 2 is 2.33 bits per heavy atom. The van der Waals surface area contributed by atoms with E-state index in [-0.39, 0.29) is 0 Å². The van der Waals surface area contributed by atoms with Crippen LogP contribution in [0, 0.1) is 6.92 Å². The van der Waals surface area contributed by atoms with Gasteiger partial charge in [0.15, 0.2) is 5.06 Å². The number of hydrogen-bond donors (Lipinski definition) is 1. The largest absolute Gasteiger partial charge is 0.499 e. The van der Waals surface area contributed by atoms with Gasteiger partial charge in [0.05, 0.1) is 5.51 Å². The van der Waals surface area contributed by atoms with Gasteiger partial charge in [0.25, 0.3) is 0 Å². The lowest BCUT2D eigenvalue weighted by molar-refractivity contribution is 0.491. The number of thiazole rings is 1. The Balaban J connectivity index is 0.000000120. The summed E-state index contributed by atoms with van der Waals surface area (Å²) in [4.78, 5) is 3.94. The number of hydrogen-bond acceptors (Lipinski definition) is 4.